The zero-order chi connectivity index (χ0) is 15.9. The molecule has 4 nitrogen and oxygen atoms in total. The predicted octanol–water partition coefficient (Wildman–Crippen LogP) is 2.65. The summed E-state index contributed by atoms with van der Waals surface area (Å²) < 4.78 is 15.8. The van der Waals surface area contributed by atoms with Crippen molar-refractivity contribution < 1.29 is 9.18 Å². The number of hydrogen-bond donors (Lipinski definition) is 0. The second-order valence-electron chi connectivity index (χ2n) is 5.55. The lowest BCUT2D eigenvalue weighted by molar-refractivity contribution is -0.131. The molecule has 6 heteroatoms. The normalized spacial score (nSPS) is 14.1. The summed E-state index contributed by atoms with van der Waals surface area (Å²) in [7, 11) is 1.95. The molecule has 22 heavy (non-hydrogen) atoms. The topological polar surface area (TPSA) is 38.1 Å². The van der Waals surface area contributed by atoms with Crippen molar-refractivity contribution in [1.29, 1.82) is 0 Å². The Labute approximate surface area is 133 Å². The third kappa shape index (κ3) is 2.61. The van der Waals surface area contributed by atoms with Gasteiger partial charge in [0.05, 0.1) is 24.4 Å². The molecule has 0 saturated carbocycles. The Morgan fingerprint density at radius 2 is 2.23 bits per heavy atom. The van der Waals surface area contributed by atoms with Crippen molar-refractivity contribution in [3.63, 3.8) is 0 Å². The van der Waals surface area contributed by atoms with Crippen molar-refractivity contribution in [2.24, 2.45) is 7.05 Å². The van der Waals surface area contributed by atoms with Gasteiger partial charge in [-0.05, 0) is 19.1 Å². The molecule has 1 aromatic heterocycles. The summed E-state index contributed by atoms with van der Waals surface area (Å²) in [6.45, 7) is 3.07. The van der Waals surface area contributed by atoms with Crippen LogP contribution in [0.25, 0.3) is 0 Å². The first-order chi connectivity index (χ1) is 10.5. The molecule has 1 aliphatic rings. The number of fused-ring (bicyclic) bond motifs is 1. The van der Waals surface area contributed by atoms with Crippen LogP contribution in [0.3, 0.4) is 0 Å². The Hall–Kier alpha value is -1.88. The monoisotopic (exact) mass is 321 g/mol. The fourth-order valence-electron chi connectivity index (χ4n) is 2.80. The van der Waals surface area contributed by atoms with Crippen LogP contribution >= 0.6 is 11.6 Å². The third-order valence-electron chi connectivity index (χ3n) is 4.22. The highest BCUT2D eigenvalue weighted by atomic mass is 35.5. The first kappa shape index (κ1) is 15.0. The van der Waals surface area contributed by atoms with E-state index in [-0.39, 0.29) is 17.9 Å². The molecule has 0 bridgehead atoms. The van der Waals surface area contributed by atoms with E-state index in [2.05, 4.69) is 4.98 Å². The molecule has 0 fully saturated rings. The van der Waals surface area contributed by atoms with E-state index < -0.39 is 5.82 Å². The Bertz CT molecular complexity index is 721. The van der Waals surface area contributed by atoms with Crippen molar-refractivity contribution in [3.8, 4) is 0 Å². The molecule has 0 radical (unpaired) electrons. The van der Waals surface area contributed by atoms with Crippen molar-refractivity contribution in [2.45, 2.75) is 26.3 Å². The van der Waals surface area contributed by atoms with Gasteiger partial charge in [0.25, 0.3) is 0 Å². The second kappa shape index (κ2) is 5.72. The molecule has 2 heterocycles. The quantitative estimate of drug-likeness (QED) is 0.853. The molecule has 0 spiro atoms. The van der Waals surface area contributed by atoms with Crippen molar-refractivity contribution in [3.05, 3.63) is 51.8 Å². The van der Waals surface area contributed by atoms with Gasteiger partial charge in [0, 0.05) is 30.6 Å². The summed E-state index contributed by atoms with van der Waals surface area (Å²) in [4.78, 5) is 18.7. The Morgan fingerprint density at radius 3 is 2.95 bits per heavy atom. The second-order valence-corrected chi connectivity index (χ2v) is 5.96. The number of aromatic nitrogens is 2. The van der Waals surface area contributed by atoms with Gasteiger partial charge in [-0.2, -0.15) is 0 Å². The number of aryl methyl sites for hydroxylation is 1. The molecule has 1 aromatic carbocycles. The molecular weight excluding hydrogens is 305 g/mol. The van der Waals surface area contributed by atoms with Crippen LogP contribution < -0.4 is 0 Å². The maximum Gasteiger partial charge on any atom is 0.227 e. The highest BCUT2D eigenvalue weighted by molar-refractivity contribution is 6.31. The molecular formula is C16H17ClFN3O. The summed E-state index contributed by atoms with van der Waals surface area (Å²) in [5.74, 6) is 0.392. The highest BCUT2D eigenvalue weighted by Crippen LogP contribution is 2.23. The highest BCUT2D eigenvalue weighted by Gasteiger charge is 2.25. The number of nitrogens with zero attached hydrogens (tertiary/aromatic N) is 3. The molecule has 2 aromatic rings. The summed E-state index contributed by atoms with van der Waals surface area (Å²) in [6.07, 6.45) is 0.714. The fourth-order valence-corrected chi connectivity index (χ4v) is 3.03. The maximum atomic E-state index is 13.8. The van der Waals surface area contributed by atoms with Crippen LogP contribution in [0.2, 0.25) is 5.02 Å². The fraction of sp³-hybridized carbons (Fsp3) is 0.375. The van der Waals surface area contributed by atoms with E-state index >= 15 is 0 Å². The van der Waals surface area contributed by atoms with Crippen LogP contribution in [0.4, 0.5) is 4.39 Å². The van der Waals surface area contributed by atoms with Crippen molar-refractivity contribution in [2.75, 3.05) is 6.54 Å². The van der Waals surface area contributed by atoms with E-state index in [1.54, 1.807) is 11.0 Å². The number of hydrogen-bond acceptors (Lipinski definition) is 2. The maximum absolute atomic E-state index is 13.8. The van der Waals surface area contributed by atoms with Crippen LogP contribution in [0, 0.1) is 12.7 Å². The Morgan fingerprint density at radius 1 is 1.45 bits per heavy atom. The molecule has 0 aliphatic carbocycles. The lowest BCUT2D eigenvalue weighted by atomic mass is 10.1. The lowest BCUT2D eigenvalue weighted by Crippen LogP contribution is -2.37. The molecule has 0 atom stereocenters. The molecule has 1 amide bonds. The lowest BCUT2D eigenvalue weighted by Gasteiger charge is -2.27. The number of carbonyl (C=O) groups is 1. The third-order valence-corrected chi connectivity index (χ3v) is 4.58. The van der Waals surface area contributed by atoms with Crippen LogP contribution in [0.15, 0.2) is 18.2 Å². The number of benzene rings is 1. The average molecular weight is 322 g/mol. The van der Waals surface area contributed by atoms with E-state index in [1.807, 2.05) is 18.5 Å². The van der Waals surface area contributed by atoms with E-state index in [0.29, 0.717) is 18.1 Å². The Kier molecular flexibility index (Phi) is 3.91. The van der Waals surface area contributed by atoms with Gasteiger partial charge < -0.3 is 9.47 Å². The van der Waals surface area contributed by atoms with Gasteiger partial charge in [0.1, 0.15) is 11.6 Å². The average Bonchev–Trinajstić information content (AvgIpc) is 2.77. The van der Waals surface area contributed by atoms with E-state index in [1.165, 1.54) is 12.1 Å². The van der Waals surface area contributed by atoms with Gasteiger partial charge in [0.2, 0.25) is 5.91 Å². The zero-order valence-electron chi connectivity index (χ0n) is 12.6. The predicted molar refractivity (Wildman–Crippen MR) is 82.2 cm³/mol. The van der Waals surface area contributed by atoms with E-state index in [9.17, 15) is 9.18 Å². The number of halogens is 2. The van der Waals surface area contributed by atoms with E-state index in [0.717, 1.165) is 23.6 Å². The number of rotatable bonds is 2. The first-order valence-electron chi connectivity index (χ1n) is 7.19. The van der Waals surface area contributed by atoms with Gasteiger partial charge in [-0.3, -0.25) is 4.79 Å². The van der Waals surface area contributed by atoms with Gasteiger partial charge in [-0.15, -0.1) is 0 Å². The summed E-state index contributed by atoms with van der Waals surface area (Å²) in [5.41, 5.74) is 2.37. The minimum atomic E-state index is -0.435. The van der Waals surface area contributed by atoms with Crippen molar-refractivity contribution in [1.82, 2.24) is 14.5 Å². The minimum Gasteiger partial charge on any atom is -0.336 e. The molecule has 0 N–H and O–H groups in total. The number of amides is 1. The SMILES string of the molecule is Cc1nc2c(n1C)CN(C(=O)Cc1c(F)cccc1Cl)CC2. The van der Waals surface area contributed by atoms with E-state index in [4.69, 9.17) is 11.6 Å². The Balaban J connectivity index is 1.78. The van der Waals surface area contributed by atoms with Crippen molar-refractivity contribution >= 4 is 17.5 Å². The van der Waals surface area contributed by atoms with Crippen LogP contribution in [0.5, 0.6) is 0 Å². The molecule has 0 saturated heterocycles. The number of carbonyl (C=O) groups excluding carboxylic acids is 1. The molecule has 0 unspecified atom stereocenters. The zero-order valence-corrected chi connectivity index (χ0v) is 13.3. The summed E-state index contributed by atoms with van der Waals surface area (Å²) in [6, 6.07) is 4.47. The standard InChI is InChI=1S/C16H17ClFN3O/c1-10-19-14-6-7-21(9-15(14)20(10)2)16(22)8-11-12(17)4-3-5-13(11)18/h3-5H,6-9H2,1-2H3. The summed E-state index contributed by atoms with van der Waals surface area (Å²) in [5, 5.41) is 0.294. The van der Waals surface area contributed by atoms with Gasteiger partial charge in [-0.1, -0.05) is 17.7 Å². The summed E-state index contributed by atoms with van der Waals surface area (Å²) >= 11 is 6.00. The molecule has 3 rings (SSSR count). The number of imidazole rings is 1. The minimum absolute atomic E-state index is 0.0162. The van der Waals surface area contributed by atoms with Crippen LogP contribution in [-0.2, 0) is 31.2 Å². The molecule has 116 valence electrons. The van der Waals surface area contributed by atoms with Gasteiger partial charge >= 0.3 is 0 Å². The first-order valence-corrected chi connectivity index (χ1v) is 7.57. The van der Waals surface area contributed by atoms with Gasteiger partial charge in [0.15, 0.2) is 0 Å². The van der Waals surface area contributed by atoms with Crippen LogP contribution in [0.1, 0.15) is 22.8 Å². The largest absolute Gasteiger partial charge is 0.336 e. The molecule has 1 aliphatic heterocycles. The van der Waals surface area contributed by atoms with Crippen LogP contribution in [-0.4, -0.2) is 26.9 Å². The smallest absolute Gasteiger partial charge is 0.227 e. The van der Waals surface area contributed by atoms with Gasteiger partial charge in [-0.25, -0.2) is 9.37 Å².